The summed E-state index contributed by atoms with van der Waals surface area (Å²) in [6.07, 6.45) is -0.202. The van der Waals surface area contributed by atoms with E-state index in [4.69, 9.17) is 4.74 Å². The molecular weight excluding hydrogens is 419 g/mol. The summed E-state index contributed by atoms with van der Waals surface area (Å²) in [6.45, 7) is 2.51. The minimum atomic E-state index is -4.26. The Morgan fingerprint density at radius 3 is 2.69 bits per heavy atom. The molecule has 2 aliphatic rings. The van der Waals surface area contributed by atoms with Gasteiger partial charge in [-0.15, -0.1) is 5.10 Å². The summed E-state index contributed by atoms with van der Waals surface area (Å²) >= 11 is 0. The number of benzene rings is 1. The van der Waals surface area contributed by atoms with E-state index < -0.39 is 12.7 Å². The fourth-order valence-corrected chi connectivity index (χ4v) is 4.62. The van der Waals surface area contributed by atoms with Crippen molar-refractivity contribution in [1.82, 2.24) is 19.7 Å². The number of nitrogens with zero attached hydrogens (tertiary/aromatic N) is 5. The summed E-state index contributed by atoms with van der Waals surface area (Å²) in [5, 5.41) is 9.60. The number of alkyl halides is 3. The maximum Gasteiger partial charge on any atom is 0.406 e. The van der Waals surface area contributed by atoms with E-state index in [-0.39, 0.29) is 6.10 Å². The van der Waals surface area contributed by atoms with Crippen LogP contribution in [0.4, 0.5) is 19.0 Å². The lowest BCUT2D eigenvalue weighted by molar-refractivity contribution is -0.139. The molecule has 2 aromatic heterocycles. The van der Waals surface area contributed by atoms with Crippen LogP contribution in [0.3, 0.4) is 0 Å². The van der Waals surface area contributed by atoms with Gasteiger partial charge in [-0.05, 0) is 36.9 Å². The highest BCUT2D eigenvalue weighted by molar-refractivity contribution is 5.86. The second-order valence-corrected chi connectivity index (χ2v) is 8.71. The molecule has 6 nitrogen and oxygen atoms in total. The maximum atomic E-state index is 12.8. The lowest BCUT2D eigenvalue weighted by Gasteiger charge is -2.33. The highest BCUT2D eigenvalue weighted by atomic mass is 19.4. The van der Waals surface area contributed by atoms with Crippen LogP contribution >= 0.6 is 0 Å². The van der Waals surface area contributed by atoms with Crippen molar-refractivity contribution in [1.29, 1.82) is 0 Å². The van der Waals surface area contributed by atoms with E-state index in [1.165, 1.54) is 16.3 Å². The van der Waals surface area contributed by atoms with Gasteiger partial charge < -0.3 is 19.1 Å². The molecule has 1 fully saturated rings. The first-order valence-electron chi connectivity index (χ1n) is 11.0. The molecule has 0 unspecified atom stereocenters. The van der Waals surface area contributed by atoms with E-state index in [0.29, 0.717) is 16.7 Å². The van der Waals surface area contributed by atoms with Crippen molar-refractivity contribution in [3.05, 3.63) is 47.8 Å². The summed E-state index contributed by atoms with van der Waals surface area (Å²) < 4.78 is 46.0. The summed E-state index contributed by atoms with van der Waals surface area (Å²) in [4.78, 5) is 4.53. The van der Waals surface area contributed by atoms with E-state index in [1.54, 1.807) is 18.2 Å². The number of hydrogen-bond donors (Lipinski definition) is 0. The largest absolute Gasteiger partial charge is 0.490 e. The average Bonchev–Trinajstić information content (AvgIpc) is 3.16. The predicted octanol–water partition coefficient (Wildman–Crippen LogP) is 4.03. The van der Waals surface area contributed by atoms with Crippen molar-refractivity contribution < 1.29 is 17.9 Å². The number of piperidine rings is 1. The van der Waals surface area contributed by atoms with Crippen molar-refractivity contribution in [2.75, 3.05) is 31.6 Å². The minimum absolute atomic E-state index is 0.0135. The number of rotatable bonds is 4. The molecule has 9 heteroatoms. The third-order valence-electron chi connectivity index (χ3n) is 6.30. The van der Waals surface area contributed by atoms with Crippen LogP contribution in [0.2, 0.25) is 0 Å². The Morgan fingerprint density at radius 2 is 1.91 bits per heavy atom. The molecule has 3 aromatic rings. The van der Waals surface area contributed by atoms with Gasteiger partial charge >= 0.3 is 6.18 Å². The van der Waals surface area contributed by atoms with Crippen LogP contribution < -0.4 is 9.64 Å². The molecule has 0 amide bonds. The zero-order chi connectivity index (χ0) is 22.3. The van der Waals surface area contributed by atoms with Crippen molar-refractivity contribution in [2.24, 2.45) is 0 Å². The van der Waals surface area contributed by atoms with Crippen molar-refractivity contribution in [3.63, 3.8) is 0 Å². The van der Waals surface area contributed by atoms with Crippen LogP contribution in [-0.2, 0) is 19.5 Å². The van der Waals surface area contributed by atoms with Gasteiger partial charge in [-0.1, -0.05) is 6.07 Å². The summed E-state index contributed by atoms with van der Waals surface area (Å²) in [6, 6.07) is 9.13. The molecule has 0 bridgehead atoms. The van der Waals surface area contributed by atoms with Gasteiger partial charge in [0, 0.05) is 57.0 Å². The Bertz CT molecular complexity index is 1100. The number of ether oxygens (including phenoxy) is 1. The molecule has 32 heavy (non-hydrogen) atoms. The number of hydrogen-bond acceptors (Lipinski definition) is 5. The molecule has 170 valence electrons. The quantitative estimate of drug-likeness (QED) is 0.607. The fourth-order valence-electron chi connectivity index (χ4n) is 4.62. The highest BCUT2D eigenvalue weighted by Gasteiger charge is 2.29. The summed E-state index contributed by atoms with van der Waals surface area (Å²) in [5.74, 6) is 1.54. The van der Waals surface area contributed by atoms with Crippen LogP contribution in [0.1, 0.15) is 24.1 Å². The number of aromatic nitrogens is 3. The van der Waals surface area contributed by atoms with E-state index in [0.717, 1.165) is 57.0 Å². The second-order valence-electron chi connectivity index (χ2n) is 8.71. The van der Waals surface area contributed by atoms with E-state index in [1.807, 2.05) is 6.07 Å². The van der Waals surface area contributed by atoms with Crippen LogP contribution in [0.5, 0.6) is 5.75 Å². The standard InChI is InChI=1S/C23H26F3N5O/c1-29-9-8-19-16(14-29)13-22(28-27-19)30-10-5-17(6-11-30)32-21-4-2-3-20-18(21)7-12-31(20)15-23(24,25)26/h2-4,7,12-13,17H,5-6,8-11,14-15H2,1H3. The summed E-state index contributed by atoms with van der Waals surface area (Å²) in [5.41, 5.74) is 2.87. The van der Waals surface area contributed by atoms with Gasteiger partial charge in [-0.25, -0.2) is 0 Å². The van der Waals surface area contributed by atoms with Crippen LogP contribution in [0, 0.1) is 0 Å². The molecule has 1 aromatic carbocycles. The third kappa shape index (κ3) is 4.39. The van der Waals surface area contributed by atoms with Crippen LogP contribution in [-0.4, -0.2) is 58.6 Å². The number of anilines is 1. The van der Waals surface area contributed by atoms with Crippen molar-refractivity contribution in [2.45, 2.75) is 44.6 Å². The van der Waals surface area contributed by atoms with E-state index in [2.05, 4.69) is 33.1 Å². The topological polar surface area (TPSA) is 46.4 Å². The van der Waals surface area contributed by atoms with Gasteiger partial charge in [0.1, 0.15) is 18.4 Å². The first-order valence-corrected chi connectivity index (χ1v) is 11.0. The zero-order valence-corrected chi connectivity index (χ0v) is 18.0. The maximum absolute atomic E-state index is 12.8. The normalized spacial score (nSPS) is 18.2. The monoisotopic (exact) mass is 445 g/mol. The third-order valence-corrected chi connectivity index (χ3v) is 6.30. The number of fused-ring (bicyclic) bond motifs is 2. The molecule has 0 aliphatic carbocycles. The smallest absolute Gasteiger partial charge is 0.406 e. The predicted molar refractivity (Wildman–Crippen MR) is 116 cm³/mol. The molecule has 0 radical (unpaired) electrons. The van der Waals surface area contributed by atoms with Gasteiger partial charge in [0.05, 0.1) is 11.2 Å². The molecule has 4 heterocycles. The lowest BCUT2D eigenvalue weighted by Crippen LogP contribution is -2.39. The molecule has 0 spiro atoms. The first kappa shape index (κ1) is 21.1. The van der Waals surface area contributed by atoms with Gasteiger partial charge in [0.25, 0.3) is 0 Å². The minimum Gasteiger partial charge on any atom is -0.490 e. The van der Waals surface area contributed by atoms with Gasteiger partial charge in [0.15, 0.2) is 5.82 Å². The molecule has 0 atom stereocenters. The van der Waals surface area contributed by atoms with E-state index >= 15 is 0 Å². The van der Waals surface area contributed by atoms with Gasteiger partial charge in [-0.3, -0.25) is 0 Å². The molecule has 5 rings (SSSR count). The van der Waals surface area contributed by atoms with Crippen LogP contribution in [0.15, 0.2) is 36.5 Å². The van der Waals surface area contributed by atoms with Crippen LogP contribution in [0.25, 0.3) is 10.9 Å². The second kappa shape index (κ2) is 8.27. The average molecular weight is 445 g/mol. The summed E-state index contributed by atoms with van der Waals surface area (Å²) in [7, 11) is 2.11. The Labute approximate surface area is 184 Å². The Hall–Kier alpha value is -2.81. The molecule has 0 N–H and O–H groups in total. The molecule has 2 aliphatic heterocycles. The Balaban J connectivity index is 1.25. The lowest BCUT2D eigenvalue weighted by atomic mass is 10.1. The van der Waals surface area contributed by atoms with Crippen molar-refractivity contribution in [3.8, 4) is 5.75 Å². The zero-order valence-electron chi connectivity index (χ0n) is 18.0. The molecular formula is C23H26F3N5O. The molecule has 1 saturated heterocycles. The SMILES string of the molecule is CN1CCc2nnc(N3CCC(Oc4cccc5c4ccn5CC(F)(F)F)CC3)cc2C1. The Morgan fingerprint density at radius 1 is 1.09 bits per heavy atom. The number of halogens is 3. The fraction of sp³-hybridized carbons (Fsp3) is 0.478. The van der Waals surface area contributed by atoms with E-state index in [9.17, 15) is 13.2 Å². The number of likely N-dealkylation sites (N-methyl/N-ethyl adjacent to an activating group) is 1. The highest BCUT2D eigenvalue weighted by Crippen LogP contribution is 2.31. The first-order chi connectivity index (χ1) is 15.4. The Kier molecular flexibility index (Phi) is 5.44. The van der Waals surface area contributed by atoms with Crippen molar-refractivity contribution >= 4 is 16.7 Å². The van der Waals surface area contributed by atoms with Gasteiger partial charge in [-0.2, -0.15) is 18.3 Å². The van der Waals surface area contributed by atoms with Gasteiger partial charge in [0.2, 0.25) is 0 Å². The molecule has 0 saturated carbocycles.